The van der Waals surface area contributed by atoms with Gasteiger partial charge in [-0.05, 0) is 6.42 Å². The highest BCUT2D eigenvalue weighted by molar-refractivity contribution is 7.84. The highest BCUT2D eigenvalue weighted by Crippen LogP contribution is 1.96. The molecule has 0 radical (unpaired) electrons. The summed E-state index contributed by atoms with van der Waals surface area (Å²) in [7, 11) is -4.46. The second kappa shape index (κ2) is 4.24. The Morgan fingerprint density at radius 2 is 2.08 bits per heavy atom. The Kier molecular flexibility index (Phi) is 3.93. The molecule has 7 nitrogen and oxygen atoms in total. The van der Waals surface area contributed by atoms with Crippen molar-refractivity contribution in [3.05, 3.63) is 0 Å². The minimum atomic E-state index is -4.46. The maximum absolute atomic E-state index is 10.5. The van der Waals surface area contributed by atoms with E-state index in [-0.39, 0.29) is 19.6 Å². The molecule has 0 heterocycles. The smallest absolute Gasteiger partial charge is 0.362 e. The minimum absolute atomic E-state index is 0.110. The summed E-state index contributed by atoms with van der Waals surface area (Å²) in [5.41, 5.74) is 4.85. The molecule has 0 unspecified atom stereocenters. The number of rotatable bonds is 4. The molecular formula is C4H11N3O4S. The second-order valence-corrected chi connectivity index (χ2v) is 3.35. The topological polar surface area (TPSA) is 128 Å². The van der Waals surface area contributed by atoms with Crippen molar-refractivity contribution in [3.63, 3.8) is 0 Å². The summed E-state index contributed by atoms with van der Waals surface area (Å²) in [4.78, 5) is 0. The van der Waals surface area contributed by atoms with Crippen molar-refractivity contribution in [1.29, 1.82) is 5.41 Å². The van der Waals surface area contributed by atoms with E-state index < -0.39 is 16.3 Å². The number of nitrogens with zero attached hydrogens (tertiary/aromatic N) is 1. The molecule has 0 spiro atoms. The van der Waals surface area contributed by atoms with Crippen molar-refractivity contribution in [2.24, 2.45) is 5.73 Å². The van der Waals surface area contributed by atoms with Crippen LogP contribution in [0.5, 0.6) is 0 Å². The standard InChI is InChI=1S/C4H11N3O4S/c5-4(6)7(2-1-3-8)12(9,10)11/h8H,1-3H2,(H3,5,6)(H,9,10,11). The van der Waals surface area contributed by atoms with Crippen LogP contribution in [0.25, 0.3) is 0 Å². The van der Waals surface area contributed by atoms with Gasteiger partial charge in [-0.15, -0.1) is 0 Å². The average molecular weight is 197 g/mol. The van der Waals surface area contributed by atoms with Crippen molar-refractivity contribution in [1.82, 2.24) is 4.31 Å². The zero-order chi connectivity index (χ0) is 9.78. The lowest BCUT2D eigenvalue weighted by molar-refractivity contribution is 0.278. The van der Waals surface area contributed by atoms with Crippen molar-refractivity contribution in [2.75, 3.05) is 13.2 Å². The van der Waals surface area contributed by atoms with Crippen LogP contribution in [0.4, 0.5) is 0 Å². The lowest BCUT2D eigenvalue weighted by Crippen LogP contribution is -2.41. The Bertz CT molecular complexity index is 249. The van der Waals surface area contributed by atoms with Crippen LogP contribution in [-0.2, 0) is 10.3 Å². The third kappa shape index (κ3) is 3.51. The summed E-state index contributed by atoms with van der Waals surface area (Å²) < 4.78 is 29.7. The van der Waals surface area contributed by atoms with Gasteiger partial charge in [0.1, 0.15) is 0 Å². The summed E-state index contributed by atoms with van der Waals surface area (Å²) in [5, 5.41) is 15.1. The number of hydrogen-bond acceptors (Lipinski definition) is 4. The van der Waals surface area contributed by atoms with Crippen molar-refractivity contribution >= 4 is 16.3 Å². The monoisotopic (exact) mass is 197 g/mol. The Hall–Kier alpha value is -0.860. The average Bonchev–Trinajstić information content (AvgIpc) is 1.84. The molecule has 0 saturated heterocycles. The SMILES string of the molecule is N=C(N)N(CCCO)S(=O)(=O)O. The molecule has 0 rings (SSSR count). The van der Waals surface area contributed by atoms with Crippen LogP contribution < -0.4 is 5.73 Å². The quantitative estimate of drug-likeness (QED) is 0.244. The van der Waals surface area contributed by atoms with E-state index in [2.05, 4.69) is 0 Å². The summed E-state index contributed by atoms with van der Waals surface area (Å²) in [5.74, 6) is -0.772. The first-order valence-electron chi connectivity index (χ1n) is 3.09. The molecule has 0 atom stereocenters. The number of aliphatic hydroxyl groups is 1. The van der Waals surface area contributed by atoms with Crippen LogP contribution in [-0.4, -0.2) is 41.5 Å². The van der Waals surface area contributed by atoms with Gasteiger partial charge in [0.15, 0.2) is 0 Å². The van der Waals surface area contributed by atoms with Gasteiger partial charge in [0.05, 0.1) is 0 Å². The van der Waals surface area contributed by atoms with Crippen LogP contribution in [0.15, 0.2) is 0 Å². The van der Waals surface area contributed by atoms with Gasteiger partial charge >= 0.3 is 10.3 Å². The maximum Gasteiger partial charge on any atom is 0.362 e. The van der Waals surface area contributed by atoms with Crippen molar-refractivity contribution in [2.45, 2.75) is 6.42 Å². The minimum Gasteiger partial charge on any atom is -0.396 e. The summed E-state index contributed by atoms with van der Waals surface area (Å²) >= 11 is 0. The zero-order valence-corrected chi connectivity index (χ0v) is 7.08. The molecule has 0 bridgehead atoms. The van der Waals surface area contributed by atoms with E-state index in [1.54, 1.807) is 0 Å². The highest BCUT2D eigenvalue weighted by atomic mass is 32.2. The van der Waals surface area contributed by atoms with Gasteiger partial charge in [-0.1, -0.05) is 0 Å². The van der Waals surface area contributed by atoms with Gasteiger partial charge in [0.25, 0.3) is 0 Å². The Labute approximate surface area is 70.2 Å². The predicted octanol–water partition coefficient (Wildman–Crippen LogP) is -1.63. The van der Waals surface area contributed by atoms with E-state index in [4.69, 9.17) is 20.8 Å². The number of hydrogen-bond donors (Lipinski definition) is 4. The van der Waals surface area contributed by atoms with Gasteiger partial charge in [0.2, 0.25) is 5.96 Å². The molecule has 0 fully saturated rings. The Balaban J connectivity index is 4.36. The number of guanidine groups is 1. The molecule has 0 aromatic heterocycles. The molecule has 12 heavy (non-hydrogen) atoms. The van der Waals surface area contributed by atoms with Crippen LogP contribution in [0.2, 0.25) is 0 Å². The van der Waals surface area contributed by atoms with Crippen molar-refractivity contribution in [3.8, 4) is 0 Å². The largest absolute Gasteiger partial charge is 0.396 e. The van der Waals surface area contributed by atoms with Gasteiger partial charge < -0.3 is 10.8 Å². The van der Waals surface area contributed by atoms with E-state index >= 15 is 0 Å². The Morgan fingerprint density at radius 1 is 1.58 bits per heavy atom. The Morgan fingerprint density at radius 3 is 2.33 bits per heavy atom. The predicted molar refractivity (Wildman–Crippen MR) is 41.9 cm³/mol. The molecule has 72 valence electrons. The molecule has 5 N–H and O–H groups in total. The fourth-order valence-corrected chi connectivity index (χ4v) is 1.18. The van der Waals surface area contributed by atoms with E-state index in [0.29, 0.717) is 4.31 Å². The van der Waals surface area contributed by atoms with Crippen LogP contribution in [0, 0.1) is 5.41 Å². The number of aliphatic hydroxyl groups excluding tert-OH is 1. The molecule has 0 aromatic rings. The molecule has 0 saturated carbocycles. The number of nitrogens with one attached hydrogen (secondary N) is 1. The molecule has 0 aliphatic rings. The fourth-order valence-electron chi connectivity index (χ4n) is 0.574. The fraction of sp³-hybridized carbons (Fsp3) is 0.750. The van der Waals surface area contributed by atoms with Gasteiger partial charge in [-0.3, -0.25) is 9.96 Å². The summed E-state index contributed by atoms with van der Waals surface area (Å²) in [6, 6.07) is 0. The molecule has 0 aliphatic carbocycles. The molecule has 0 amide bonds. The van der Waals surface area contributed by atoms with Gasteiger partial charge in [0, 0.05) is 13.2 Å². The first kappa shape index (κ1) is 11.1. The summed E-state index contributed by atoms with van der Waals surface area (Å²) in [6.45, 7) is -0.441. The van der Waals surface area contributed by atoms with E-state index in [1.807, 2.05) is 0 Å². The lowest BCUT2D eigenvalue weighted by atomic mass is 10.4. The van der Waals surface area contributed by atoms with E-state index in [0.717, 1.165) is 0 Å². The highest BCUT2D eigenvalue weighted by Gasteiger charge is 2.19. The van der Waals surface area contributed by atoms with Crippen LogP contribution in [0.1, 0.15) is 6.42 Å². The van der Waals surface area contributed by atoms with E-state index in [1.165, 1.54) is 0 Å². The lowest BCUT2D eigenvalue weighted by Gasteiger charge is -2.17. The van der Waals surface area contributed by atoms with Crippen molar-refractivity contribution < 1.29 is 18.1 Å². The third-order valence-electron chi connectivity index (χ3n) is 1.07. The first-order valence-corrected chi connectivity index (χ1v) is 4.49. The zero-order valence-electron chi connectivity index (χ0n) is 6.27. The first-order chi connectivity index (χ1) is 5.39. The summed E-state index contributed by atoms with van der Waals surface area (Å²) in [6.07, 6.45) is 0.110. The molecule has 0 aliphatic heterocycles. The third-order valence-corrected chi connectivity index (χ3v) is 2.00. The maximum atomic E-state index is 10.5. The molecular weight excluding hydrogens is 186 g/mol. The van der Waals surface area contributed by atoms with E-state index in [9.17, 15) is 8.42 Å². The van der Waals surface area contributed by atoms with Crippen LogP contribution in [0.3, 0.4) is 0 Å². The molecule has 8 heteroatoms. The number of nitrogens with two attached hydrogens (primary N) is 1. The second-order valence-electron chi connectivity index (χ2n) is 2.01. The van der Waals surface area contributed by atoms with Gasteiger partial charge in [-0.25, -0.2) is 4.31 Å². The van der Waals surface area contributed by atoms with Crippen LogP contribution >= 0.6 is 0 Å². The normalized spacial score (nSPS) is 11.2. The van der Waals surface area contributed by atoms with Gasteiger partial charge in [-0.2, -0.15) is 8.42 Å². The molecule has 0 aromatic carbocycles.